The zero-order valence-electron chi connectivity index (χ0n) is 14.1. The highest BCUT2D eigenvalue weighted by molar-refractivity contribution is 6.18. The Labute approximate surface area is 143 Å². The zero-order valence-corrected chi connectivity index (χ0v) is 14.1. The minimum atomic E-state index is 0.0219. The summed E-state index contributed by atoms with van der Waals surface area (Å²) in [6.07, 6.45) is 1.16. The molecule has 1 saturated heterocycles. The van der Waals surface area contributed by atoms with Crippen LogP contribution in [-0.2, 0) is 11.3 Å². The van der Waals surface area contributed by atoms with Gasteiger partial charge in [0.15, 0.2) is 0 Å². The van der Waals surface area contributed by atoms with Crippen molar-refractivity contribution in [2.45, 2.75) is 13.0 Å². The molecule has 1 aromatic rings. The van der Waals surface area contributed by atoms with E-state index in [1.165, 1.54) is 5.56 Å². The third-order valence-corrected chi connectivity index (χ3v) is 4.69. The van der Waals surface area contributed by atoms with E-state index in [1.807, 2.05) is 6.07 Å². The van der Waals surface area contributed by atoms with E-state index in [0.29, 0.717) is 30.3 Å². The van der Waals surface area contributed by atoms with Crippen LogP contribution < -0.4 is 16.4 Å². The molecule has 1 unspecified atom stereocenters. The van der Waals surface area contributed by atoms with E-state index >= 15 is 0 Å². The van der Waals surface area contributed by atoms with Gasteiger partial charge in [-0.05, 0) is 24.4 Å². The molecule has 0 amide bonds. The number of allylic oxidation sites excluding steroid dienone is 2. The fourth-order valence-corrected chi connectivity index (χ4v) is 3.34. The molecule has 24 heavy (non-hydrogen) atoms. The van der Waals surface area contributed by atoms with Crippen molar-refractivity contribution in [2.75, 3.05) is 32.7 Å². The molecule has 4 N–H and O–H groups in total. The number of rotatable bonds is 8. The van der Waals surface area contributed by atoms with Crippen molar-refractivity contribution >= 4 is 5.78 Å². The second-order valence-electron chi connectivity index (χ2n) is 6.53. The number of hydrogen-bond donors (Lipinski definition) is 3. The Morgan fingerprint density at radius 2 is 2.00 bits per heavy atom. The summed E-state index contributed by atoms with van der Waals surface area (Å²) in [4.78, 5) is 14.4. The number of ketones is 1. The fourth-order valence-electron chi connectivity index (χ4n) is 3.34. The molecule has 1 fully saturated rings. The topological polar surface area (TPSA) is 70.4 Å². The molecule has 1 atom stereocenters. The minimum Gasteiger partial charge on any atom is -0.381 e. The number of nitrogens with one attached hydrogen (secondary N) is 2. The smallest absolute Gasteiger partial charge is 0.212 e. The summed E-state index contributed by atoms with van der Waals surface area (Å²) < 4.78 is 0. The molecule has 0 radical (unpaired) electrons. The molecule has 128 valence electrons. The van der Waals surface area contributed by atoms with Gasteiger partial charge < -0.3 is 16.4 Å². The van der Waals surface area contributed by atoms with Gasteiger partial charge in [0, 0.05) is 38.3 Å². The number of Topliss-reactive ketones (excluding diaryl/α,β-unsaturated/α-hetero) is 1. The number of nitrogens with zero attached hydrogens (tertiary/aromatic N) is 1. The van der Waals surface area contributed by atoms with Crippen molar-refractivity contribution < 1.29 is 4.79 Å². The van der Waals surface area contributed by atoms with E-state index in [-0.39, 0.29) is 5.78 Å². The molecule has 0 bridgehead atoms. The number of likely N-dealkylation sites (tertiary alicyclic amines) is 1. The SMILES string of the molecule is C=C1C(=O)C(NCC2CCN(Cc3ccccc3)C2)=C1NCCN. The van der Waals surface area contributed by atoms with E-state index in [9.17, 15) is 4.79 Å². The second-order valence-corrected chi connectivity index (χ2v) is 6.53. The lowest BCUT2D eigenvalue weighted by Gasteiger charge is -2.27. The maximum Gasteiger partial charge on any atom is 0.212 e. The first kappa shape index (κ1) is 16.7. The maximum absolute atomic E-state index is 11.9. The number of hydrogen-bond acceptors (Lipinski definition) is 5. The zero-order chi connectivity index (χ0) is 16.9. The molecule has 3 rings (SSSR count). The predicted molar refractivity (Wildman–Crippen MR) is 96.1 cm³/mol. The Balaban J connectivity index is 1.48. The van der Waals surface area contributed by atoms with Crippen LogP contribution in [0.4, 0.5) is 0 Å². The van der Waals surface area contributed by atoms with Gasteiger partial charge in [0.2, 0.25) is 5.78 Å². The van der Waals surface area contributed by atoms with Crippen molar-refractivity contribution in [2.24, 2.45) is 11.7 Å². The van der Waals surface area contributed by atoms with Gasteiger partial charge in [-0.25, -0.2) is 0 Å². The summed E-state index contributed by atoms with van der Waals surface area (Å²) >= 11 is 0. The lowest BCUT2D eigenvalue weighted by atomic mass is 9.92. The monoisotopic (exact) mass is 326 g/mol. The van der Waals surface area contributed by atoms with Gasteiger partial charge in [-0.15, -0.1) is 0 Å². The largest absolute Gasteiger partial charge is 0.381 e. The normalized spacial score (nSPS) is 21.1. The lowest BCUT2D eigenvalue weighted by Crippen LogP contribution is -2.41. The van der Waals surface area contributed by atoms with E-state index in [2.05, 4.69) is 46.4 Å². The van der Waals surface area contributed by atoms with Crippen molar-refractivity contribution in [3.8, 4) is 0 Å². The van der Waals surface area contributed by atoms with Crippen LogP contribution in [0, 0.1) is 5.92 Å². The first-order valence-electron chi connectivity index (χ1n) is 8.61. The van der Waals surface area contributed by atoms with Crippen molar-refractivity contribution in [1.82, 2.24) is 15.5 Å². The van der Waals surface area contributed by atoms with Gasteiger partial charge in [-0.3, -0.25) is 9.69 Å². The van der Waals surface area contributed by atoms with Crippen LogP contribution in [0.3, 0.4) is 0 Å². The first-order chi connectivity index (χ1) is 11.7. The Morgan fingerprint density at radius 1 is 1.21 bits per heavy atom. The first-order valence-corrected chi connectivity index (χ1v) is 8.61. The van der Waals surface area contributed by atoms with Crippen LogP contribution >= 0.6 is 0 Å². The lowest BCUT2D eigenvalue weighted by molar-refractivity contribution is -0.113. The number of benzene rings is 1. The average molecular weight is 326 g/mol. The molecular formula is C19H26N4O. The van der Waals surface area contributed by atoms with Crippen LogP contribution in [0.2, 0.25) is 0 Å². The quantitative estimate of drug-likeness (QED) is 0.622. The number of carbonyl (C=O) groups excluding carboxylic acids is 1. The summed E-state index contributed by atoms with van der Waals surface area (Å²) in [6, 6.07) is 10.6. The van der Waals surface area contributed by atoms with Crippen LogP contribution in [0.15, 0.2) is 53.9 Å². The van der Waals surface area contributed by atoms with E-state index in [1.54, 1.807) is 0 Å². The molecule has 1 aliphatic heterocycles. The van der Waals surface area contributed by atoms with E-state index < -0.39 is 0 Å². The predicted octanol–water partition coefficient (Wildman–Crippen LogP) is 0.997. The minimum absolute atomic E-state index is 0.0219. The summed E-state index contributed by atoms with van der Waals surface area (Å²) in [7, 11) is 0. The van der Waals surface area contributed by atoms with E-state index in [4.69, 9.17) is 5.73 Å². The number of nitrogens with two attached hydrogens (primary N) is 1. The van der Waals surface area contributed by atoms with Gasteiger partial charge in [0.1, 0.15) is 5.70 Å². The number of carbonyl (C=O) groups is 1. The molecule has 0 spiro atoms. The van der Waals surface area contributed by atoms with E-state index in [0.717, 1.165) is 38.3 Å². The molecule has 0 aromatic heterocycles. The summed E-state index contributed by atoms with van der Waals surface area (Å²) in [5.41, 5.74) is 8.93. The summed E-state index contributed by atoms with van der Waals surface area (Å²) in [5.74, 6) is 0.590. The third-order valence-electron chi connectivity index (χ3n) is 4.69. The van der Waals surface area contributed by atoms with Crippen LogP contribution in [0.1, 0.15) is 12.0 Å². The second kappa shape index (κ2) is 7.64. The Bertz CT molecular complexity index is 638. The molecule has 1 aromatic carbocycles. The highest BCUT2D eigenvalue weighted by atomic mass is 16.1. The van der Waals surface area contributed by atoms with Gasteiger partial charge in [0.05, 0.1) is 5.70 Å². The fraction of sp³-hybridized carbons (Fsp3) is 0.421. The third kappa shape index (κ3) is 3.68. The van der Waals surface area contributed by atoms with Gasteiger partial charge in [-0.2, -0.15) is 0 Å². The van der Waals surface area contributed by atoms with Crippen molar-refractivity contribution in [1.29, 1.82) is 0 Å². The van der Waals surface area contributed by atoms with Crippen molar-refractivity contribution in [3.63, 3.8) is 0 Å². The van der Waals surface area contributed by atoms with Gasteiger partial charge in [-0.1, -0.05) is 36.9 Å². The Kier molecular flexibility index (Phi) is 5.33. The molecule has 1 aliphatic carbocycles. The molecule has 1 heterocycles. The van der Waals surface area contributed by atoms with Crippen molar-refractivity contribution in [3.05, 3.63) is 59.4 Å². The molecule has 5 heteroatoms. The summed E-state index contributed by atoms with van der Waals surface area (Å²) in [6.45, 7) is 9.00. The highest BCUT2D eigenvalue weighted by Crippen LogP contribution is 2.25. The van der Waals surface area contributed by atoms with Crippen LogP contribution in [0.5, 0.6) is 0 Å². The molecule has 2 aliphatic rings. The molecular weight excluding hydrogens is 300 g/mol. The van der Waals surface area contributed by atoms with Gasteiger partial charge >= 0.3 is 0 Å². The molecule has 5 nitrogen and oxygen atoms in total. The standard InChI is InChI=1S/C19H26N4O/c1-14-17(21-9-8-20)18(19(14)24)22-11-16-7-10-23(13-16)12-15-5-3-2-4-6-15/h2-6,16,21-22H,1,7-13,20H2. The van der Waals surface area contributed by atoms with Gasteiger partial charge in [0.25, 0.3) is 0 Å². The van der Waals surface area contributed by atoms with Crippen LogP contribution in [-0.4, -0.2) is 43.4 Å². The Morgan fingerprint density at radius 3 is 2.75 bits per heavy atom. The van der Waals surface area contributed by atoms with Crippen LogP contribution in [0.25, 0.3) is 0 Å². The average Bonchev–Trinajstić information content (AvgIpc) is 3.05. The highest BCUT2D eigenvalue weighted by Gasteiger charge is 2.32. The Hall–Kier alpha value is -2.11. The summed E-state index contributed by atoms with van der Waals surface area (Å²) in [5, 5.41) is 6.50. The maximum atomic E-state index is 11.9. The molecule has 0 saturated carbocycles.